The summed E-state index contributed by atoms with van der Waals surface area (Å²) in [6.45, 7) is 6.04. The van der Waals surface area contributed by atoms with E-state index in [-0.39, 0.29) is 11.6 Å². The first-order chi connectivity index (χ1) is 11.9. The van der Waals surface area contributed by atoms with Gasteiger partial charge in [-0.2, -0.15) is 4.31 Å². The van der Waals surface area contributed by atoms with E-state index in [1.54, 1.807) is 28.9 Å². The van der Waals surface area contributed by atoms with Crippen LogP contribution in [-0.4, -0.2) is 80.4 Å². The maximum Gasteiger partial charge on any atom is 0.317 e. The number of carbonyl (C=O) groups is 1. The minimum absolute atomic E-state index is 0.0331. The zero-order valence-electron chi connectivity index (χ0n) is 14.8. The van der Waals surface area contributed by atoms with Gasteiger partial charge >= 0.3 is 6.03 Å². The topological polar surface area (TPSA) is 73.0 Å². The van der Waals surface area contributed by atoms with E-state index in [9.17, 15) is 13.2 Å². The van der Waals surface area contributed by atoms with Crippen LogP contribution in [0.4, 0.5) is 4.79 Å². The molecular formula is C16H26N4O3S2. The number of amides is 2. The van der Waals surface area contributed by atoms with Crippen LogP contribution < -0.4 is 5.32 Å². The molecule has 0 unspecified atom stereocenters. The average molecular weight is 387 g/mol. The summed E-state index contributed by atoms with van der Waals surface area (Å²) >= 11 is 1.27. The lowest BCUT2D eigenvalue weighted by Crippen LogP contribution is -2.59. The number of carbonyl (C=O) groups excluding carboxylic acids is 1. The third kappa shape index (κ3) is 3.42. The Morgan fingerprint density at radius 1 is 1.28 bits per heavy atom. The van der Waals surface area contributed by atoms with Crippen LogP contribution in [0.15, 0.2) is 21.7 Å². The molecule has 9 heteroatoms. The number of urea groups is 1. The number of hydrogen-bond donors (Lipinski definition) is 1. The molecule has 0 spiro atoms. The van der Waals surface area contributed by atoms with Gasteiger partial charge in [0.1, 0.15) is 4.21 Å². The summed E-state index contributed by atoms with van der Waals surface area (Å²) in [6.07, 6.45) is 1.90. The van der Waals surface area contributed by atoms with Crippen LogP contribution in [0.1, 0.15) is 19.8 Å². The maximum atomic E-state index is 12.7. The van der Waals surface area contributed by atoms with Crippen molar-refractivity contribution in [2.24, 2.45) is 0 Å². The number of sulfonamides is 1. The van der Waals surface area contributed by atoms with Crippen LogP contribution in [0.3, 0.4) is 0 Å². The van der Waals surface area contributed by atoms with Crippen molar-refractivity contribution in [1.29, 1.82) is 0 Å². The van der Waals surface area contributed by atoms with Crippen molar-refractivity contribution in [3.8, 4) is 0 Å². The van der Waals surface area contributed by atoms with Crippen LogP contribution in [-0.2, 0) is 10.0 Å². The van der Waals surface area contributed by atoms with E-state index in [4.69, 9.17) is 0 Å². The Morgan fingerprint density at radius 3 is 2.56 bits per heavy atom. The molecule has 1 aromatic heterocycles. The molecule has 1 aromatic rings. The van der Waals surface area contributed by atoms with Gasteiger partial charge in [0, 0.05) is 51.9 Å². The first-order valence-corrected chi connectivity index (χ1v) is 11.0. The summed E-state index contributed by atoms with van der Waals surface area (Å²) in [5.41, 5.74) is -0.0364. The minimum atomic E-state index is -3.37. The quantitative estimate of drug-likeness (QED) is 0.845. The number of rotatable bonds is 4. The van der Waals surface area contributed by atoms with Crippen LogP contribution in [0, 0.1) is 0 Å². The zero-order valence-corrected chi connectivity index (χ0v) is 16.4. The molecule has 0 aromatic carbocycles. The summed E-state index contributed by atoms with van der Waals surface area (Å²) in [4.78, 5) is 16.2. The fraction of sp³-hybridized carbons (Fsp3) is 0.688. The van der Waals surface area contributed by atoms with Crippen molar-refractivity contribution >= 4 is 27.4 Å². The summed E-state index contributed by atoms with van der Waals surface area (Å²) < 4.78 is 27.3. The third-order valence-corrected chi connectivity index (χ3v) is 8.76. The summed E-state index contributed by atoms with van der Waals surface area (Å²) in [5, 5.41) is 4.49. The van der Waals surface area contributed by atoms with E-state index >= 15 is 0 Å². The molecule has 1 atom stereocenters. The molecule has 140 valence electrons. The molecule has 3 heterocycles. The molecule has 0 radical (unpaired) electrons. The van der Waals surface area contributed by atoms with Crippen LogP contribution in [0.2, 0.25) is 0 Å². The van der Waals surface area contributed by atoms with Gasteiger partial charge in [-0.3, -0.25) is 4.90 Å². The molecule has 3 rings (SSSR count). The van der Waals surface area contributed by atoms with E-state index in [1.807, 2.05) is 4.90 Å². The Bertz CT molecular complexity index is 699. The highest BCUT2D eigenvalue weighted by molar-refractivity contribution is 7.91. The maximum absolute atomic E-state index is 12.7. The lowest BCUT2D eigenvalue weighted by atomic mass is 9.92. The normalized spacial score (nSPS) is 26.1. The second kappa shape index (κ2) is 7.22. The van der Waals surface area contributed by atoms with Gasteiger partial charge in [0.15, 0.2) is 0 Å². The van der Waals surface area contributed by atoms with E-state index < -0.39 is 10.0 Å². The zero-order chi connectivity index (χ0) is 18.1. The smallest absolute Gasteiger partial charge is 0.317 e. The van der Waals surface area contributed by atoms with E-state index in [2.05, 4.69) is 17.1 Å². The number of likely N-dealkylation sites (tertiary alicyclic amines) is 1. The van der Waals surface area contributed by atoms with Gasteiger partial charge in [0.25, 0.3) is 10.0 Å². The standard InChI is InChI=1S/C16H26N4O3S2/c1-3-16(6-7-18(13-16)15(21)17-2)19-8-10-20(11-9-19)25(22,23)14-5-4-12-24-14/h4-5,12H,3,6-11,13H2,1-2H3,(H,17,21)/t16-/m0/s1. The van der Waals surface area contributed by atoms with Gasteiger partial charge < -0.3 is 10.2 Å². The van der Waals surface area contributed by atoms with Gasteiger partial charge in [0.05, 0.1) is 0 Å². The summed E-state index contributed by atoms with van der Waals surface area (Å²) in [7, 11) is -1.71. The fourth-order valence-corrected chi connectivity index (χ4v) is 6.47. The predicted octanol–water partition coefficient (Wildman–Crippen LogP) is 1.25. The number of hydrogen-bond acceptors (Lipinski definition) is 5. The Hall–Kier alpha value is -1.16. The number of piperazine rings is 1. The lowest BCUT2D eigenvalue weighted by Gasteiger charge is -2.45. The largest absolute Gasteiger partial charge is 0.341 e. The summed E-state index contributed by atoms with van der Waals surface area (Å²) in [6, 6.07) is 3.40. The predicted molar refractivity (Wildman–Crippen MR) is 98.3 cm³/mol. The van der Waals surface area contributed by atoms with E-state index in [0.717, 1.165) is 19.4 Å². The molecule has 2 aliphatic rings. The number of nitrogens with one attached hydrogen (secondary N) is 1. The van der Waals surface area contributed by atoms with Gasteiger partial charge in [-0.1, -0.05) is 13.0 Å². The van der Waals surface area contributed by atoms with Gasteiger partial charge in [0.2, 0.25) is 0 Å². The molecule has 0 bridgehead atoms. The van der Waals surface area contributed by atoms with Crippen molar-refractivity contribution in [2.45, 2.75) is 29.5 Å². The molecule has 1 N–H and O–H groups in total. The second-order valence-corrected chi connectivity index (χ2v) is 9.74. The molecule has 2 amide bonds. The molecule has 2 aliphatic heterocycles. The highest BCUT2D eigenvalue weighted by Gasteiger charge is 2.44. The first-order valence-electron chi connectivity index (χ1n) is 8.68. The van der Waals surface area contributed by atoms with Crippen molar-refractivity contribution in [1.82, 2.24) is 19.4 Å². The van der Waals surface area contributed by atoms with Gasteiger partial charge in [-0.05, 0) is 24.3 Å². The van der Waals surface area contributed by atoms with E-state index in [0.29, 0.717) is 36.9 Å². The van der Waals surface area contributed by atoms with Crippen molar-refractivity contribution in [2.75, 3.05) is 46.3 Å². The Kier molecular flexibility index (Phi) is 5.38. The van der Waals surface area contributed by atoms with Crippen LogP contribution in [0.5, 0.6) is 0 Å². The molecule has 2 fully saturated rings. The van der Waals surface area contributed by atoms with Crippen molar-refractivity contribution in [3.05, 3.63) is 17.5 Å². The van der Waals surface area contributed by atoms with Crippen LogP contribution >= 0.6 is 11.3 Å². The Labute approximate surface area is 153 Å². The Balaban J connectivity index is 1.66. The first kappa shape index (κ1) is 18.6. The highest BCUT2D eigenvalue weighted by Crippen LogP contribution is 2.33. The summed E-state index contributed by atoms with van der Waals surface area (Å²) in [5.74, 6) is 0. The molecular weight excluding hydrogens is 360 g/mol. The average Bonchev–Trinajstić information content (AvgIpc) is 3.32. The molecule has 0 saturated carbocycles. The third-order valence-electron chi connectivity index (χ3n) is 5.49. The molecule has 2 saturated heterocycles. The fourth-order valence-electron chi connectivity index (χ4n) is 3.90. The second-order valence-electron chi connectivity index (χ2n) is 6.63. The van der Waals surface area contributed by atoms with Crippen LogP contribution in [0.25, 0.3) is 0 Å². The van der Waals surface area contributed by atoms with Crippen molar-refractivity contribution < 1.29 is 13.2 Å². The molecule has 25 heavy (non-hydrogen) atoms. The Morgan fingerprint density at radius 2 is 2.00 bits per heavy atom. The number of thiophene rings is 1. The van der Waals surface area contributed by atoms with Gasteiger partial charge in [-0.25, -0.2) is 13.2 Å². The highest BCUT2D eigenvalue weighted by atomic mass is 32.2. The molecule has 7 nitrogen and oxygen atoms in total. The monoisotopic (exact) mass is 386 g/mol. The van der Waals surface area contributed by atoms with E-state index in [1.165, 1.54) is 11.3 Å². The lowest BCUT2D eigenvalue weighted by molar-refractivity contribution is 0.0575. The molecule has 0 aliphatic carbocycles. The van der Waals surface area contributed by atoms with Crippen molar-refractivity contribution in [3.63, 3.8) is 0 Å². The SMILES string of the molecule is CC[C@]1(N2CCN(S(=O)(=O)c3cccs3)CC2)CCN(C(=O)NC)C1. The minimum Gasteiger partial charge on any atom is -0.341 e. The van der Waals surface area contributed by atoms with Gasteiger partial charge in [-0.15, -0.1) is 11.3 Å². The number of nitrogens with zero attached hydrogens (tertiary/aromatic N) is 3.